The topological polar surface area (TPSA) is 69.1 Å². The number of halogens is 3. The molecule has 258 valence electrons. The summed E-state index contributed by atoms with van der Waals surface area (Å²) in [6, 6.07) is 19.5. The molecule has 2 N–H and O–H groups in total. The number of aromatic nitrogens is 1. The average Bonchev–Trinajstić information content (AvgIpc) is 3.46. The van der Waals surface area contributed by atoms with Crippen LogP contribution in [0.2, 0.25) is 0 Å². The quantitative estimate of drug-likeness (QED) is 0.157. The van der Waals surface area contributed by atoms with Gasteiger partial charge in [0.25, 0.3) is 0 Å². The van der Waals surface area contributed by atoms with E-state index < -0.39 is 23.4 Å². The molecule has 1 fully saturated rings. The SMILES string of the molecule is Cc1cc(C(O)CCc2sc(-c3ccc(C(F)(F)F)cc3)nc2CN2CCN(c3ccc(C(C)C)cc3)CC2)ccc1OC(C)(C)CO. The van der Waals surface area contributed by atoms with E-state index in [1.807, 2.05) is 39.0 Å². The van der Waals surface area contributed by atoms with Crippen LogP contribution in [-0.2, 0) is 19.1 Å². The summed E-state index contributed by atoms with van der Waals surface area (Å²) in [5, 5.41) is 21.4. The molecule has 1 aliphatic heterocycles. The Balaban J connectivity index is 1.30. The van der Waals surface area contributed by atoms with Crippen molar-refractivity contribution in [3.63, 3.8) is 0 Å². The molecule has 5 rings (SSSR count). The van der Waals surface area contributed by atoms with E-state index in [9.17, 15) is 23.4 Å². The normalized spacial score (nSPS) is 15.3. The molecule has 2 heterocycles. The summed E-state index contributed by atoms with van der Waals surface area (Å²) < 4.78 is 45.6. The summed E-state index contributed by atoms with van der Waals surface area (Å²) in [6.07, 6.45) is -4.08. The molecule has 0 amide bonds. The largest absolute Gasteiger partial charge is 0.485 e. The fourth-order valence-corrected chi connectivity index (χ4v) is 6.92. The number of aliphatic hydroxyl groups excluding tert-OH is 2. The van der Waals surface area contributed by atoms with Crippen LogP contribution in [0, 0.1) is 6.92 Å². The van der Waals surface area contributed by atoms with Gasteiger partial charge in [-0.1, -0.05) is 44.2 Å². The van der Waals surface area contributed by atoms with Gasteiger partial charge in [-0.25, -0.2) is 4.98 Å². The van der Waals surface area contributed by atoms with Crippen LogP contribution in [0.1, 0.15) is 79.0 Å². The molecule has 1 saturated heterocycles. The predicted molar refractivity (Wildman–Crippen MR) is 187 cm³/mol. The standard InChI is InChI=1S/C38H46F3N3O3S/c1-25(2)27-8-13-31(14-9-27)44-20-18-43(19-21-44)23-32-35(48-36(42-32)28-6-11-30(12-7-28)38(39,40)41)17-15-33(46)29-10-16-34(26(3)22-29)47-37(4,5)24-45/h6-14,16,22,25,33,45-46H,15,17-21,23-24H2,1-5H3. The average molecular weight is 682 g/mol. The lowest BCUT2D eigenvalue weighted by molar-refractivity contribution is -0.137. The molecule has 0 spiro atoms. The second kappa shape index (κ2) is 15.0. The predicted octanol–water partition coefficient (Wildman–Crippen LogP) is 8.40. The Morgan fingerprint density at radius 3 is 2.15 bits per heavy atom. The van der Waals surface area contributed by atoms with Gasteiger partial charge in [-0.3, -0.25) is 4.90 Å². The van der Waals surface area contributed by atoms with Gasteiger partial charge < -0.3 is 19.8 Å². The van der Waals surface area contributed by atoms with Gasteiger partial charge in [0.15, 0.2) is 0 Å². The summed E-state index contributed by atoms with van der Waals surface area (Å²) in [6.45, 7) is 13.9. The van der Waals surface area contributed by atoms with Crippen LogP contribution in [0.4, 0.5) is 18.9 Å². The van der Waals surface area contributed by atoms with Crippen molar-refractivity contribution in [1.29, 1.82) is 0 Å². The van der Waals surface area contributed by atoms with Gasteiger partial charge in [0.1, 0.15) is 16.4 Å². The number of aliphatic hydroxyl groups is 2. The molecule has 1 aromatic heterocycles. The lowest BCUT2D eigenvalue weighted by Crippen LogP contribution is -2.46. The van der Waals surface area contributed by atoms with Gasteiger partial charge in [0.2, 0.25) is 0 Å². The van der Waals surface area contributed by atoms with Crippen molar-refractivity contribution >= 4 is 17.0 Å². The first-order valence-corrected chi connectivity index (χ1v) is 17.4. The van der Waals surface area contributed by atoms with Crippen LogP contribution in [0.5, 0.6) is 5.75 Å². The monoisotopic (exact) mass is 681 g/mol. The van der Waals surface area contributed by atoms with E-state index in [0.29, 0.717) is 41.6 Å². The summed E-state index contributed by atoms with van der Waals surface area (Å²) in [5.41, 5.74) is 4.33. The molecule has 0 radical (unpaired) electrons. The summed E-state index contributed by atoms with van der Waals surface area (Å²) in [5.74, 6) is 1.15. The highest BCUT2D eigenvalue weighted by molar-refractivity contribution is 7.15. The maximum Gasteiger partial charge on any atom is 0.416 e. The number of benzene rings is 3. The lowest BCUT2D eigenvalue weighted by atomic mass is 10.0. The van der Waals surface area contributed by atoms with Gasteiger partial charge in [-0.15, -0.1) is 11.3 Å². The molecule has 0 saturated carbocycles. The zero-order valence-corrected chi connectivity index (χ0v) is 29.2. The summed E-state index contributed by atoms with van der Waals surface area (Å²) in [7, 11) is 0. The van der Waals surface area contributed by atoms with Crippen LogP contribution >= 0.6 is 11.3 Å². The summed E-state index contributed by atoms with van der Waals surface area (Å²) >= 11 is 1.48. The molecule has 6 nitrogen and oxygen atoms in total. The van der Waals surface area contributed by atoms with E-state index in [2.05, 4.69) is 47.9 Å². The fraction of sp³-hybridized carbons (Fsp3) is 0.447. The van der Waals surface area contributed by atoms with E-state index in [0.717, 1.165) is 60.0 Å². The van der Waals surface area contributed by atoms with E-state index in [1.54, 1.807) is 0 Å². The Morgan fingerprint density at radius 1 is 0.917 bits per heavy atom. The van der Waals surface area contributed by atoms with Gasteiger partial charge in [-0.05, 0) is 92.6 Å². The maximum atomic E-state index is 13.2. The number of aryl methyl sites for hydroxylation is 2. The van der Waals surface area contributed by atoms with E-state index >= 15 is 0 Å². The first-order chi connectivity index (χ1) is 22.7. The van der Waals surface area contributed by atoms with Crippen molar-refractivity contribution < 1.29 is 28.1 Å². The number of nitrogens with zero attached hydrogens (tertiary/aromatic N) is 3. The molecule has 0 aliphatic carbocycles. The number of thiazole rings is 1. The smallest absolute Gasteiger partial charge is 0.416 e. The Labute approximate surface area is 285 Å². The van der Waals surface area contributed by atoms with Crippen LogP contribution < -0.4 is 9.64 Å². The Morgan fingerprint density at radius 2 is 1.56 bits per heavy atom. The number of piperazine rings is 1. The van der Waals surface area contributed by atoms with E-state index in [1.165, 1.54) is 34.7 Å². The highest BCUT2D eigenvalue weighted by Crippen LogP contribution is 2.35. The van der Waals surface area contributed by atoms with Crippen molar-refractivity contribution in [3.05, 3.63) is 99.6 Å². The molecule has 48 heavy (non-hydrogen) atoms. The van der Waals surface area contributed by atoms with E-state index in [4.69, 9.17) is 9.72 Å². The first kappa shape index (κ1) is 35.9. The molecular weight excluding hydrogens is 635 g/mol. The minimum Gasteiger partial charge on any atom is -0.485 e. The van der Waals surface area contributed by atoms with Crippen LogP contribution in [0.3, 0.4) is 0 Å². The Kier molecular flexibility index (Phi) is 11.2. The number of anilines is 1. The van der Waals surface area contributed by atoms with Crippen LogP contribution in [0.15, 0.2) is 66.7 Å². The minimum absolute atomic E-state index is 0.121. The fourth-order valence-electron chi connectivity index (χ4n) is 5.83. The van der Waals surface area contributed by atoms with Gasteiger partial charge in [0.05, 0.1) is 24.0 Å². The van der Waals surface area contributed by atoms with Gasteiger partial charge in [0, 0.05) is 48.9 Å². The first-order valence-electron chi connectivity index (χ1n) is 16.5. The third kappa shape index (κ3) is 8.96. The molecule has 3 aromatic carbocycles. The molecule has 0 bridgehead atoms. The number of hydrogen-bond donors (Lipinski definition) is 2. The maximum absolute atomic E-state index is 13.2. The van der Waals surface area contributed by atoms with Crippen molar-refractivity contribution in [1.82, 2.24) is 9.88 Å². The molecule has 4 aromatic rings. The van der Waals surface area contributed by atoms with Gasteiger partial charge >= 0.3 is 6.18 Å². The van der Waals surface area contributed by atoms with Crippen molar-refractivity contribution in [2.75, 3.05) is 37.7 Å². The number of rotatable bonds is 12. The third-order valence-corrected chi connectivity index (χ3v) is 10.1. The molecule has 1 aliphatic rings. The Hall–Kier alpha value is -3.44. The summed E-state index contributed by atoms with van der Waals surface area (Å²) in [4.78, 5) is 10.8. The minimum atomic E-state index is -4.40. The number of ether oxygens (including phenoxy) is 1. The van der Waals surface area contributed by atoms with E-state index in [-0.39, 0.29) is 6.61 Å². The molecule has 1 atom stereocenters. The Bertz CT molecular complexity index is 1640. The van der Waals surface area contributed by atoms with Crippen molar-refractivity contribution in [2.45, 2.75) is 77.8 Å². The van der Waals surface area contributed by atoms with Crippen LogP contribution in [0.25, 0.3) is 10.6 Å². The highest BCUT2D eigenvalue weighted by atomic mass is 32.1. The highest BCUT2D eigenvalue weighted by Gasteiger charge is 2.30. The van der Waals surface area contributed by atoms with Crippen molar-refractivity contribution in [2.24, 2.45) is 0 Å². The number of hydrogen-bond acceptors (Lipinski definition) is 7. The lowest BCUT2D eigenvalue weighted by Gasteiger charge is -2.36. The number of alkyl halides is 3. The zero-order chi connectivity index (χ0) is 34.6. The van der Waals surface area contributed by atoms with Crippen molar-refractivity contribution in [3.8, 4) is 16.3 Å². The second-order valence-electron chi connectivity index (χ2n) is 13.6. The second-order valence-corrected chi connectivity index (χ2v) is 14.7. The third-order valence-electron chi connectivity index (χ3n) is 8.90. The van der Waals surface area contributed by atoms with Gasteiger partial charge in [-0.2, -0.15) is 13.2 Å². The molecular formula is C38H46F3N3O3S. The molecule has 10 heteroatoms. The zero-order valence-electron chi connectivity index (χ0n) is 28.3. The molecule has 1 unspecified atom stereocenters. The van der Waals surface area contributed by atoms with Crippen LogP contribution in [-0.4, -0.2) is 58.5 Å².